The number of alkyl halides is 1. The highest BCUT2D eigenvalue weighted by Crippen LogP contribution is 2.07. The normalized spacial score (nSPS) is 13.8. The van der Waals surface area contributed by atoms with Crippen LogP contribution in [0.1, 0.15) is 26.2 Å². The highest BCUT2D eigenvalue weighted by Gasteiger charge is 1.96. The van der Waals surface area contributed by atoms with Gasteiger partial charge < -0.3 is 0 Å². The SMILES string of the molecule is CCCCC(Cl)C=C[C]=O. The first-order valence-electron chi connectivity index (χ1n) is 3.49. The Morgan fingerprint density at radius 3 is 2.90 bits per heavy atom. The van der Waals surface area contributed by atoms with Gasteiger partial charge in [-0.15, -0.1) is 11.6 Å². The van der Waals surface area contributed by atoms with E-state index in [2.05, 4.69) is 6.92 Å². The van der Waals surface area contributed by atoms with Crippen LogP contribution in [0.2, 0.25) is 0 Å². The standard InChI is InChI=1S/C8H12ClO/c1-2-3-5-8(9)6-4-7-10/h4,6,8H,2-3,5H2,1H3. The van der Waals surface area contributed by atoms with E-state index in [4.69, 9.17) is 11.6 Å². The van der Waals surface area contributed by atoms with Crippen molar-refractivity contribution in [3.63, 3.8) is 0 Å². The van der Waals surface area contributed by atoms with Gasteiger partial charge in [0.2, 0.25) is 6.29 Å². The van der Waals surface area contributed by atoms with E-state index in [1.54, 1.807) is 12.4 Å². The molecule has 0 bridgehead atoms. The average molecular weight is 160 g/mol. The van der Waals surface area contributed by atoms with Crippen LogP contribution in [0, 0.1) is 0 Å². The summed E-state index contributed by atoms with van der Waals surface area (Å²) in [5.74, 6) is 0. The second-order valence-corrected chi connectivity index (χ2v) is 2.70. The zero-order valence-electron chi connectivity index (χ0n) is 6.14. The Morgan fingerprint density at radius 1 is 1.70 bits per heavy atom. The fourth-order valence-electron chi connectivity index (χ4n) is 0.639. The molecule has 0 fully saturated rings. The van der Waals surface area contributed by atoms with Crippen molar-refractivity contribution >= 4 is 17.9 Å². The molecule has 0 heterocycles. The van der Waals surface area contributed by atoms with E-state index < -0.39 is 0 Å². The number of halogens is 1. The van der Waals surface area contributed by atoms with E-state index in [9.17, 15) is 4.79 Å². The van der Waals surface area contributed by atoms with Gasteiger partial charge in [-0.2, -0.15) is 0 Å². The third kappa shape index (κ3) is 5.83. The van der Waals surface area contributed by atoms with Gasteiger partial charge in [0.1, 0.15) is 0 Å². The Kier molecular flexibility index (Phi) is 6.61. The number of rotatable bonds is 5. The summed E-state index contributed by atoms with van der Waals surface area (Å²) in [5.41, 5.74) is 0. The monoisotopic (exact) mass is 159 g/mol. The van der Waals surface area contributed by atoms with Gasteiger partial charge in [-0.3, -0.25) is 4.79 Å². The van der Waals surface area contributed by atoms with Gasteiger partial charge >= 0.3 is 0 Å². The quantitative estimate of drug-likeness (QED) is 0.445. The van der Waals surface area contributed by atoms with Crippen LogP contribution >= 0.6 is 11.6 Å². The van der Waals surface area contributed by atoms with E-state index in [1.807, 2.05) is 0 Å². The van der Waals surface area contributed by atoms with Gasteiger partial charge in [0.25, 0.3) is 0 Å². The smallest absolute Gasteiger partial charge is 0.225 e. The van der Waals surface area contributed by atoms with Crippen LogP contribution < -0.4 is 0 Å². The van der Waals surface area contributed by atoms with Gasteiger partial charge in [-0.05, 0) is 12.5 Å². The molecule has 0 spiro atoms. The summed E-state index contributed by atoms with van der Waals surface area (Å²) in [6, 6.07) is 0. The minimum Gasteiger partial charge on any atom is -0.286 e. The molecular formula is C8H12ClO. The van der Waals surface area contributed by atoms with E-state index in [-0.39, 0.29) is 5.38 Å². The van der Waals surface area contributed by atoms with E-state index in [1.165, 1.54) is 6.08 Å². The molecule has 0 aromatic heterocycles. The molecule has 1 radical (unpaired) electrons. The van der Waals surface area contributed by atoms with Crippen molar-refractivity contribution in [2.45, 2.75) is 31.6 Å². The summed E-state index contributed by atoms with van der Waals surface area (Å²) in [5, 5.41) is 0.00130. The molecule has 0 saturated heterocycles. The molecule has 57 valence electrons. The Morgan fingerprint density at radius 2 is 2.40 bits per heavy atom. The Bertz CT molecular complexity index is 110. The Balaban J connectivity index is 3.32. The van der Waals surface area contributed by atoms with Crippen LogP contribution in [0.4, 0.5) is 0 Å². The van der Waals surface area contributed by atoms with Gasteiger partial charge in [0.15, 0.2) is 0 Å². The van der Waals surface area contributed by atoms with Crippen molar-refractivity contribution in [1.82, 2.24) is 0 Å². The fourth-order valence-corrected chi connectivity index (χ4v) is 0.866. The van der Waals surface area contributed by atoms with Gasteiger partial charge in [-0.25, -0.2) is 0 Å². The van der Waals surface area contributed by atoms with E-state index in [0.717, 1.165) is 19.3 Å². The molecule has 0 aliphatic heterocycles. The zero-order valence-corrected chi connectivity index (χ0v) is 6.90. The van der Waals surface area contributed by atoms with Crippen LogP contribution in [0.25, 0.3) is 0 Å². The Labute approximate surface area is 67.1 Å². The number of hydrogen-bond donors (Lipinski definition) is 0. The first-order valence-corrected chi connectivity index (χ1v) is 3.93. The molecule has 10 heavy (non-hydrogen) atoms. The molecule has 0 aliphatic rings. The van der Waals surface area contributed by atoms with Crippen LogP contribution in [-0.2, 0) is 4.79 Å². The first kappa shape index (κ1) is 9.70. The summed E-state index contributed by atoms with van der Waals surface area (Å²) in [6.45, 7) is 2.11. The van der Waals surface area contributed by atoms with Crippen LogP contribution in [-0.4, -0.2) is 11.7 Å². The molecule has 1 nitrogen and oxygen atoms in total. The summed E-state index contributed by atoms with van der Waals surface area (Å²) in [7, 11) is 0. The lowest BCUT2D eigenvalue weighted by atomic mass is 10.2. The second-order valence-electron chi connectivity index (χ2n) is 2.14. The number of allylic oxidation sites excluding steroid dienone is 2. The minimum absolute atomic E-state index is 0.00130. The van der Waals surface area contributed by atoms with Crippen molar-refractivity contribution in [3.8, 4) is 0 Å². The molecule has 0 aromatic carbocycles. The maximum absolute atomic E-state index is 9.71. The molecule has 0 aromatic rings. The lowest BCUT2D eigenvalue weighted by molar-refractivity contribution is 0.564. The maximum Gasteiger partial charge on any atom is 0.225 e. The average Bonchev–Trinajstić information content (AvgIpc) is 1.97. The van der Waals surface area contributed by atoms with Crippen molar-refractivity contribution in [1.29, 1.82) is 0 Å². The Hall–Kier alpha value is -0.300. The van der Waals surface area contributed by atoms with Gasteiger partial charge in [-0.1, -0.05) is 25.8 Å². The molecule has 1 unspecified atom stereocenters. The number of unbranched alkanes of at least 4 members (excludes halogenated alkanes) is 1. The fraction of sp³-hybridized carbons (Fsp3) is 0.625. The van der Waals surface area contributed by atoms with Crippen LogP contribution in [0.5, 0.6) is 0 Å². The largest absolute Gasteiger partial charge is 0.286 e. The van der Waals surface area contributed by atoms with Crippen LogP contribution in [0.3, 0.4) is 0 Å². The summed E-state index contributed by atoms with van der Waals surface area (Å²) in [4.78, 5) is 9.71. The molecule has 0 N–H and O–H groups in total. The molecular weight excluding hydrogens is 148 g/mol. The zero-order chi connectivity index (χ0) is 7.82. The molecule has 0 rings (SSSR count). The lowest BCUT2D eigenvalue weighted by Crippen LogP contribution is -1.91. The molecule has 1 atom stereocenters. The maximum atomic E-state index is 9.71. The first-order chi connectivity index (χ1) is 4.81. The number of carbonyl (C=O) groups excluding carboxylic acids is 1. The van der Waals surface area contributed by atoms with Crippen molar-refractivity contribution in [2.75, 3.05) is 0 Å². The van der Waals surface area contributed by atoms with E-state index >= 15 is 0 Å². The number of hydrogen-bond acceptors (Lipinski definition) is 1. The predicted molar refractivity (Wildman–Crippen MR) is 44.0 cm³/mol. The third-order valence-electron chi connectivity index (χ3n) is 1.21. The molecule has 2 heteroatoms. The minimum atomic E-state index is 0.00130. The second kappa shape index (κ2) is 6.81. The predicted octanol–water partition coefficient (Wildman–Crippen LogP) is 2.45. The highest BCUT2D eigenvalue weighted by atomic mass is 35.5. The van der Waals surface area contributed by atoms with Gasteiger partial charge in [0.05, 0.1) is 5.38 Å². The molecule has 0 amide bonds. The van der Waals surface area contributed by atoms with Crippen molar-refractivity contribution in [2.24, 2.45) is 0 Å². The summed E-state index contributed by atoms with van der Waals surface area (Å²) >= 11 is 5.77. The van der Waals surface area contributed by atoms with E-state index in [0.29, 0.717) is 0 Å². The molecule has 0 saturated carbocycles. The van der Waals surface area contributed by atoms with Crippen molar-refractivity contribution in [3.05, 3.63) is 12.2 Å². The van der Waals surface area contributed by atoms with Crippen LogP contribution in [0.15, 0.2) is 12.2 Å². The highest BCUT2D eigenvalue weighted by molar-refractivity contribution is 6.21. The summed E-state index contributed by atoms with van der Waals surface area (Å²) < 4.78 is 0. The summed E-state index contributed by atoms with van der Waals surface area (Å²) in [6.07, 6.45) is 7.85. The van der Waals surface area contributed by atoms with Crippen molar-refractivity contribution < 1.29 is 4.79 Å². The molecule has 0 aliphatic carbocycles. The lowest BCUT2D eigenvalue weighted by Gasteiger charge is -1.99. The van der Waals surface area contributed by atoms with Gasteiger partial charge in [0, 0.05) is 0 Å². The third-order valence-corrected chi connectivity index (χ3v) is 1.57. The topological polar surface area (TPSA) is 17.1 Å².